The van der Waals surface area contributed by atoms with E-state index in [1.54, 1.807) is 40.0 Å². The van der Waals surface area contributed by atoms with Gasteiger partial charge in [-0.15, -0.1) is 0 Å². The molecule has 2 aromatic rings. The first-order valence-corrected chi connectivity index (χ1v) is 9.32. The number of amides is 2. The number of carboxylic acids is 1. The number of aromatic nitrogens is 2. The van der Waals surface area contributed by atoms with Crippen LogP contribution in [0.15, 0.2) is 36.7 Å². The number of carbonyl (C=O) groups is 3. The second-order valence-electron chi connectivity index (χ2n) is 7.05. The van der Waals surface area contributed by atoms with Crippen molar-refractivity contribution in [2.45, 2.75) is 25.7 Å². The first kappa shape index (κ1) is 19.6. The number of piperidine rings is 1. The first-order valence-electron chi connectivity index (χ1n) is 9.32. The van der Waals surface area contributed by atoms with Gasteiger partial charge in [-0.1, -0.05) is 0 Å². The van der Waals surface area contributed by atoms with Crippen molar-refractivity contribution in [3.05, 3.63) is 47.8 Å². The predicted octanol–water partition coefficient (Wildman–Crippen LogP) is 1.93. The molecule has 8 heteroatoms. The van der Waals surface area contributed by atoms with E-state index in [2.05, 4.69) is 10.4 Å². The monoisotopic (exact) mass is 384 g/mol. The van der Waals surface area contributed by atoms with Gasteiger partial charge in [0.05, 0.1) is 12.1 Å². The Kier molecular flexibility index (Phi) is 6.08. The van der Waals surface area contributed by atoms with Crippen molar-refractivity contribution in [2.75, 3.05) is 18.4 Å². The Morgan fingerprint density at radius 3 is 2.43 bits per heavy atom. The molecule has 28 heavy (non-hydrogen) atoms. The van der Waals surface area contributed by atoms with Gasteiger partial charge in [0.1, 0.15) is 0 Å². The van der Waals surface area contributed by atoms with Gasteiger partial charge in [0.2, 0.25) is 5.91 Å². The fraction of sp³-hybridized carbons (Fsp3) is 0.400. The van der Waals surface area contributed by atoms with Gasteiger partial charge in [-0.25, -0.2) is 0 Å². The highest BCUT2D eigenvalue weighted by molar-refractivity contribution is 5.96. The van der Waals surface area contributed by atoms with Crippen LogP contribution in [0.2, 0.25) is 0 Å². The average molecular weight is 384 g/mol. The highest BCUT2D eigenvalue weighted by Crippen LogP contribution is 2.20. The minimum atomic E-state index is -0.796. The van der Waals surface area contributed by atoms with E-state index in [1.807, 2.05) is 13.2 Å². The summed E-state index contributed by atoms with van der Waals surface area (Å²) in [5.41, 5.74) is 2.17. The number of likely N-dealkylation sites (tertiary alicyclic amines) is 1. The molecule has 1 aliphatic heterocycles. The van der Waals surface area contributed by atoms with Crippen LogP contribution in [0.1, 0.15) is 35.2 Å². The molecule has 1 fully saturated rings. The molecule has 0 atom stereocenters. The van der Waals surface area contributed by atoms with Gasteiger partial charge in [-0.3, -0.25) is 19.1 Å². The summed E-state index contributed by atoms with van der Waals surface area (Å²) in [6.45, 7) is 0.894. The Bertz CT molecular complexity index is 851. The van der Waals surface area contributed by atoms with E-state index in [1.165, 1.54) is 0 Å². The fourth-order valence-corrected chi connectivity index (χ4v) is 3.29. The van der Waals surface area contributed by atoms with E-state index in [-0.39, 0.29) is 17.7 Å². The number of carboxylic acid groups (broad SMARTS) is 1. The van der Waals surface area contributed by atoms with Crippen LogP contribution in [0.25, 0.3) is 0 Å². The number of rotatable bonds is 6. The van der Waals surface area contributed by atoms with Crippen molar-refractivity contribution in [3.8, 4) is 0 Å². The van der Waals surface area contributed by atoms with E-state index in [4.69, 9.17) is 5.11 Å². The zero-order valence-corrected chi connectivity index (χ0v) is 15.8. The summed E-state index contributed by atoms with van der Waals surface area (Å²) in [4.78, 5) is 37.3. The zero-order valence-electron chi connectivity index (χ0n) is 15.8. The van der Waals surface area contributed by atoms with Crippen LogP contribution in [0.4, 0.5) is 5.69 Å². The third kappa shape index (κ3) is 4.97. The summed E-state index contributed by atoms with van der Waals surface area (Å²) in [5, 5.41) is 15.9. The topological polar surface area (TPSA) is 105 Å². The highest BCUT2D eigenvalue weighted by Gasteiger charge is 2.27. The number of benzene rings is 1. The highest BCUT2D eigenvalue weighted by atomic mass is 16.4. The summed E-state index contributed by atoms with van der Waals surface area (Å²) >= 11 is 0. The smallest absolute Gasteiger partial charge is 0.306 e. The number of carbonyl (C=O) groups excluding carboxylic acids is 2. The van der Waals surface area contributed by atoms with Crippen molar-refractivity contribution in [3.63, 3.8) is 0 Å². The average Bonchev–Trinajstić information content (AvgIpc) is 3.12. The van der Waals surface area contributed by atoms with Crippen molar-refractivity contribution in [1.82, 2.24) is 14.7 Å². The molecule has 1 saturated heterocycles. The molecule has 0 bridgehead atoms. The summed E-state index contributed by atoms with van der Waals surface area (Å²) in [6, 6.07) is 6.78. The minimum Gasteiger partial charge on any atom is -0.481 e. The summed E-state index contributed by atoms with van der Waals surface area (Å²) in [5.74, 6) is -1.37. The van der Waals surface area contributed by atoms with Crippen LogP contribution in [0.3, 0.4) is 0 Å². The van der Waals surface area contributed by atoms with Crippen LogP contribution < -0.4 is 5.32 Å². The molecule has 1 aromatic heterocycles. The lowest BCUT2D eigenvalue weighted by Crippen LogP contribution is -2.40. The van der Waals surface area contributed by atoms with Gasteiger partial charge in [-0.05, 0) is 49.1 Å². The van der Waals surface area contributed by atoms with Crippen LogP contribution in [-0.4, -0.2) is 50.7 Å². The molecule has 0 saturated carbocycles. The Morgan fingerprint density at radius 1 is 1.18 bits per heavy atom. The molecule has 0 aliphatic carbocycles. The molecule has 2 N–H and O–H groups in total. The maximum absolute atomic E-state index is 12.6. The first-order chi connectivity index (χ1) is 13.4. The fourth-order valence-electron chi connectivity index (χ4n) is 3.29. The second-order valence-corrected chi connectivity index (χ2v) is 7.05. The molecule has 148 valence electrons. The van der Waals surface area contributed by atoms with Crippen molar-refractivity contribution >= 4 is 23.5 Å². The Morgan fingerprint density at radius 2 is 1.86 bits per heavy atom. The lowest BCUT2D eigenvalue weighted by atomic mass is 9.96. The van der Waals surface area contributed by atoms with Gasteiger partial charge in [0, 0.05) is 44.0 Å². The lowest BCUT2D eigenvalue weighted by molar-refractivity contribution is -0.143. The molecule has 3 rings (SSSR count). The molecule has 2 amide bonds. The summed E-state index contributed by atoms with van der Waals surface area (Å²) in [7, 11) is 1.83. The Labute approximate surface area is 163 Å². The Balaban J connectivity index is 1.49. The summed E-state index contributed by atoms with van der Waals surface area (Å²) in [6.07, 6.45) is 5.55. The number of hydrogen-bond acceptors (Lipinski definition) is 4. The third-order valence-corrected chi connectivity index (χ3v) is 4.95. The molecular weight excluding hydrogens is 360 g/mol. The number of anilines is 1. The maximum atomic E-state index is 12.6. The second kappa shape index (κ2) is 8.69. The number of nitrogens with zero attached hydrogens (tertiary/aromatic N) is 3. The van der Waals surface area contributed by atoms with Crippen LogP contribution in [0.5, 0.6) is 0 Å². The van der Waals surface area contributed by atoms with Crippen molar-refractivity contribution in [2.24, 2.45) is 13.0 Å². The molecule has 8 nitrogen and oxygen atoms in total. The molecule has 0 radical (unpaired) electrons. The normalized spacial score (nSPS) is 14.7. The van der Waals surface area contributed by atoms with Crippen molar-refractivity contribution in [1.29, 1.82) is 0 Å². The van der Waals surface area contributed by atoms with E-state index < -0.39 is 5.97 Å². The lowest BCUT2D eigenvalue weighted by Gasteiger charge is -2.30. The molecule has 1 aromatic carbocycles. The molecule has 0 spiro atoms. The zero-order chi connectivity index (χ0) is 20.1. The number of aliphatic carboxylic acids is 1. The van der Waals surface area contributed by atoms with Crippen LogP contribution in [-0.2, 0) is 23.1 Å². The molecule has 2 heterocycles. The molecular formula is C20H24N4O4. The SMILES string of the molecule is Cn1cc(CCC(=O)Nc2ccc(C(=O)N3CCC(C(=O)O)CC3)cc2)cn1. The number of hydrogen-bond donors (Lipinski definition) is 2. The van der Waals surface area contributed by atoms with Gasteiger partial charge < -0.3 is 15.3 Å². The largest absolute Gasteiger partial charge is 0.481 e. The van der Waals surface area contributed by atoms with Crippen LogP contribution >= 0.6 is 0 Å². The number of aryl methyl sites for hydroxylation is 2. The van der Waals surface area contributed by atoms with Gasteiger partial charge in [0.15, 0.2) is 0 Å². The third-order valence-electron chi connectivity index (χ3n) is 4.95. The minimum absolute atomic E-state index is 0.0985. The van der Waals surface area contributed by atoms with Gasteiger partial charge in [-0.2, -0.15) is 5.10 Å². The summed E-state index contributed by atoms with van der Waals surface area (Å²) < 4.78 is 1.70. The van der Waals surface area contributed by atoms with Crippen molar-refractivity contribution < 1.29 is 19.5 Å². The molecule has 0 unspecified atom stereocenters. The molecule has 1 aliphatic rings. The number of nitrogens with one attached hydrogen (secondary N) is 1. The van der Waals surface area contributed by atoms with Crippen LogP contribution in [0, 0.1) is 5.92 Å². The van der Waals surface area contributed by atoms with Gasteiger partial charge in [0.25, 0.3) is 5.91 Å². The van der Waals surface area contributed by atoms with E-state index in [9.17, 15) is 14.4 Å². The van der Waals surface area contributed by atoms with E-state index >= 15 is 0 Å². The Hall–Kier alpha value is -3.16. The maximum Gasteiger partial charge on any atom is 0.306 e. The quantitative estimate of drug-likeness (QED) is 0.792. The van der Waals surface area contributed by atoms with E-state index in [0.29, 0.717) is 50.0 Å². The van der Waals surface area contributed by atoms with Gasteiger partial charge >= 0.3 is 5.97 Å². The standard InChI is InChI=1S/C20H24N4O4/c1-23-13-14(12-21-23)2-7-18(25)22-17-5-3-15(4-6-17)19(26)24-10-8-16(9-11-24)20(27)28/h3-6,12-13,16H,2,7-11H2,1H3,(H,22,25)(H,27,28). The predicted molar refractivity (Wildman–Crippen MR) is 103 cm³/mol. The van der Waals surface area contributed by atoms with E-state index in [0.717, 1.165) is 5.56 Å².